The van der Waals surface area contributed by atoms with Crippen molar-refractivity contribution in [2.24, 2.45) is 16.0 Å². The summed E-state index contributed by atoms with van der Waals surface area (Å²) in [5, 5.41) is 17.7. The van der Waals surface area contributed by atoms with Gasteiger partial charge in [0.05, 0.1) is 16.7 Å². The highest BCUT2D eigenvalue weighted by molar-refractivity contribution is 6.07. The molecule has 148 valence electrons. The Labute approximate surface area is 161 Å². The fourth-order valence-electron chi connectivity index (χ4n) is 3.16. The second-order valence-corrected chi connectivity index (χ2v) is 6.74. The summed E-state index contributed by atoms with van der Waals surface area (Å²) in [5.41, 5.74) is 6.14. The van der Waals surface area contributed by atoms with Gasteiger partial charge in [0, 0.05) is 42.8 Å². The molecule has 1 aromatic heterocycles. The maximum Gasteiger partial charge on any atom is 0.259 e. The Kier molecular flexibility index (Phi) is 5.97. The van der Waals surface area contributed by atoms with Crippen molar-refractivity contribution in [2.75, 3.05) is 20.1 Å². The molecule has 3 N–H and O–H groups in total. The van der Waals surface area contributed by atoms with Gasteiger partial charge in [-0.3, -0.25) is 19.9 Å². The van der Waals surface area contributed by atoms with Gasteiger partial charge in [0.2, 0.25) is 5.91 Å². The maximum absolute atomic E-state index is 11.4. The quantitative estimate of drug-likeness (QED) is 0.216. The zero-order chi connectivity index (χ0) is 20.1. The molecular formula is C18H23N7O3. The summed E-state index contributed by atoms with van der Waals surface area (Å²) in [6.07, 6.45) is 1.90. The van der Waals surface area contributed by atoms with Gasteiger partial charge >= 0.3 is 0 Å². The number of carbonyl (C=O) groups is 1. The van der Waals surface area contributed by atoms with Crippen molar-refractivity contribution in [3.63, 3.8) is 0 Å². The third-order valence-corrected chi connectivity index (χ3v) is 4.55. The van der Waals surface area contributed by atoms with Gasteiger partial charge in [-0.1, -0.05) is 13.0 Å². The van der Waals surface area contributed by atoms with E-state index in [-0.39, 0.29) is 18.4 Å². The first-order chi connectivity index (χ1) is 13.5. The number of H-pyrrole nitrogens is 1. The number of hydrazone groups is 1. The molecule has 10 heteroatoms. The summed E-state index contributed by atoms with van der Waals surface area (Å²) in [5.74, 6) is 1.22. The summed E-state index contributed by atoms with van der Waals surface area (Å²) in [4.78, 5) is 33.3. The minimum Gasteiger partial charge on any atom is -0.368 e. The highest BCUT2D eigenvalue weighted by atomic mass is 16.6. The molecule has 0 saturated carbocycles. The predicted molar refractivity (Wildman–Crippen MR) is 106 cm³/mol. The zero-order valence-electron chi connectivity index (χ0n) is 15.9. The number of carbonyl (C=O) groups excluding carboxylic acids is 1. The molecule has 0 radical (unpaired) electrons. The first-order valence-corrected chi connectivity index (χ1v) is 9.13. The average molecular weight is 385 g/mol. The van der Waals surface area contributed by atoms with E-state index in [1.54, 1.807) is 0 Å². The lowest BCUT2D eigenvalue weighted by Gasteiger charge is -2.18. The first-order valence-electron chi connectivity index (χ1n) is 9.13. The van der Waals surface area contributed by atoms with Crippen molar-refractivity contribution >= 4 is 28.5 Å². The number of hydrogen-bond acceptors (Lipinski definition) is 6. The lowest BCUT2D eigenvalue weighted by molar-refractivity contribution is -0.463. The molecular weight excluding hydrogens is 362 g/mol. The number of aryl methyl sites for hydroxylation is 1. The molecule has 0 spiro atoms. The van der Waals surface area contributed by atoms with Crippen LogP contribution in [-0.2, 0) is 11.2 Å². The van der Waals surface area contributed by atoms with E-state index < -0.39 is 4.92 Å². The van der Waals surface area contributed by atoms with Gasteiger partial charge in [-0.15, -0.1) is 0 Å². The number of nitro groups is 1. The molecule has 1 unspecified atom stereocenters. The highest BCUT2D eigenvalue weighted by Crippen LogP contribution is 2.20. The van der Waals surface area contributed by atoms with Crippen LogP contribution in [0.5, 0.6) is 0 Å². The summed E-state index contributed by atoms with van der Waals surface area (Å²) in [6.45, 7) is 2.27. The largest absolute Gasteiger partial charge is 0.368 e. The second-order valence-electron chi connectivity index (χ2n) is 6.74. The molecule has 28 heavy (non-hydrogen) atoms. The average Bonchev–Trinajstić information content (AvgIpc) is 3.05. The third-order valence-electron chi connectivity index (χ3n) is 4.55. The Balaban J connectivity index is 1.62. The summed E-state index contributed by atoms with van der Waals surface area (Å²) < 4.78 is 0. The fourth-order valence-corrected chi connectivity index (χ4v) is 3.16. The molecule has 2 heterocycles. The summed E-state index contributed by atoms with van der Waals surface area (Å²) >= 11 is 0. The number of fused-ring (bicyclic) bond motifs is 1. The van der Waals surface area contributed by atoms with Gasteiger partial charge in [-0.2, -0.15) is 5.10 Å². The van der Waals surface area contributed by atoms with Gasteiger partial charge in [-0.25, -0.2) is 10.4 Å². The van der Waals surface area contributed by atoms with Crippen LogP contribution < -0.4 is 10.7 Å². The molecule has 10 nitrogen and oxygen atoms in total. The van der Waals surface area contributed by atoms with Gasteiger partial charge in [-0.05, 0) is 18.6 Å². The van der Waals surface area contributed by atoms with Gasteiger partial charge in [0.15, 0.2) is 5.84 Å². The Morgan fingerprint density at radius 1 is 1.46 bits per heavy atom. The number of aromatic nitrogens is 2. The monoisotopic (exact) mass is 385 g/mol. The molecule has 2 aromatic rings. The molecule has 0 fully saturated rings. The van der Waals surface area contributed by atoms with Crippen LogP contribution >= 0.6 is 0 Å². The number of amidine groups is 1. The molecule has 0 saturated heterocycles. The van der Waals surface area contributed by atoms with E-state index in [1.807, 2.05) is 25.1 Å². The predicted octanol–water partition coefficient (Wildman–Crippen LogP) is 1.25. The minimum atomic E-state index is -0.408. The van der Waals surface area contributed by atoms with Gasteiger partial charge in [0.1, 0.15) is 5.82 Å². The van der Waals surface area contributed by atoms with E-state index in [0.717, 1.165) is 34.6 Å². The van der Waals surface area contributed by atoms with Gasteiger partial charge in [0.25, 0.3) is 6.54 Å². The Hall–Kier alpha value is -3.30. The molecule has 1 amide bonds. The summed E-state index contributed by atoms with van der Waals surface area (Å²) in [6, 6.07) is 5.90. The SMILES string of the molecule is CN=C(C[N+](=O)[O-])NCCCc1nc2ccc(C3=NNC(=O)CC3C)cc2[nH]1. The molecule has 1 atom stereocenters. The van der Waals surface area contributed by atoms with Crippen LogP contribution in [0.3, 0.4) is 0 Å². The van der Waals surface area contributed by atoms with E-state index in [9.17, 15) is 14.9 Å². The van der Waals surface area contributed by atoms with Crippen LogP contribution in [0.4, 0.5) is 0 Å². The van der Waals surface area contributed by atoms with Crippen LogP contribution in [0.2, 0.25) is 0 Å². The van der Waals surface area contributed by atoms with E-state index in [4.69, 9.17) is 0 Å². The normalized spacial score (nSPS) is 17.4. The van der Waals surface area contributed by atoms with E-state index >= 15 is 0 Å². The first kappa shape index (κ1) is 19.5. The number of aliphatic imine (C=N–C) groups is 1. The molecule has 3 rings (SSSR count). The lowest BCUT2D eigenvalue weighted by Crippen LogP contribution is -2.31. The van der Waals surface area contributed by atoms with Crippen molar-refractivity contribution in [3.8, 4) is 0 Å². The van der Waals surface area contributed by atoms with E-state index in [1.165, 1.54) is 7.05 Å². The van der Waals surface area contributed by atoms with Crippen LogP contribution in [0.25, 0.3) is 11.0 Å². The third kappa shape index (κ3) is 4.70. The minimum absolute atomic E-state index is 0.0632. The van der Waals surface area contributed by atoms with Crippen molar-refractivity contribution < 1.29 is 9.72 Å². The fraction of sp³-hybridized carbons (Fsp3) is 0.444. The van der Waals surface area contributed by atoms with E-state index in [2.05, 4.69) is 30.8 Å². The Morgan fingerprint density at radius 3 is 3.00 bits per heavy atom. The van der Waals surface area contributed by atoms with Crippen molar-refractivity contribution in [3.05, 3.63) is 39.7 Å². The number of nitrogens with one attached hydrogen (secondary N) is 3. The molecule has 0 aliphatic carbocycles. The lowest BCUT2D eigenvalue weighted by atomic mass is 9.94. The second kappa shape index (κ2) is 8.59. The smallest absolute Gasteiger partial charge is 0.259 e. The Morgan fingerprint density at radius 2 is 2.29 bits per heavy atom. The van der Waals surface area contributed by atoms with Crippen LogP contribution in [0.1, 0.15) is 31.2 Å². The number of nitrogens with zero attached hydrogens (tertiary/aromatic N) is 4. The molecule has 1 aliphatic rings. The van der Waals surface area contributed by atoms with Crippen LogP contribution in [0, 0.1) is 16.0 Å². The number of amides is 1. The van der Waals surface area contributed by atoms with Crippen LogP contribution in [0.15, 0.2) is 28.3 Å². The van der Waals surface area contributed by atoms with E-state index in [0.29, 0.717) is 25.2 Å². The van der Waals surface area contributed by atoms with Crippen molar-refractivity contribution in [1.82, 2.24) is 20.7 Å². The molecule has 1 aromatic carbocycles. The topological polar surface area (TPSA) is 138 Å². The summed E-state index contributed by atoms with van der Waals surface area (Å²) in [7, 11) is 1.53. The zero-order valence-corrected chi connectivity index (χ0v) is 15.9. The maximum atomic E-state index is 11.4. The van der Waals surface area contributed by atoms with Gasteiger partial charge < -0.3 is 10.3 Å². The van der Waals surface area contributed by atoms with Crippen molar-refractivity contribution in [1.29, 1.82) is 0 Å². The number of benzene rings is 1. The number of hydrogen-bond donors (Lipinski definition) is 3. The van der Waals surface area contributed by atoms with Crippen LogP contribution in [-0.4, -0.2) is 52.5 Å². The molecule has 0 bridgehead atoms. The number of imidazole rings is 1. The Bertz CT molecular complexity index is 948. The standard InChI is InChI=1S/C18H23N7O3/c1-11-8-17(26)23-24-18(11)12-5-6-13-14(9-12)22-15(21-13)4-3-7-20-16(19-2)10-25(27)28/h5-6,9,11H,3-4,7-8,10H2,1-2H3,(H,19,20)(H,21,22)(H,23,26). The van der Waals surface area contributed by atoms with Crippen molar-refractivity contribution in [2.45, 2.75) is 26.2 Å². The number of aromatic amines is 1. The highest BCUT2D eigenvalue weighted by Gasteiger charge is 2.22. The number of rotatable bonds is 7. The molecule has 1 aliphatic heterocycles.